The van der Waals surface area contributed by atoms with Crippen molar-refractivity contribution in [3.63, 3.8) is 0 Å². The molecule has 2 heterocycles. The van der Waals surface area contributed by atoms with Crippen molar-refractivity contribution in [2.75, 3.05) is 0 Å². The maximum absolute atomic E-state index is 12.3. The molecule has 0 aliphatic rings. The highest BCUT2D eigenvalue weighted by Crippen LogP contribution is 2.14. The molecule has 4 rings (SSSR count). The lowest BCUT2D eigenvalue weighted by Crippen LogP contribution is -2.23. The van der Waals surface area contributed by atoms with Crippen molar-refractivity contribution in [1.82, 2.24) is 20.1 Å². The van der Waals surface area contributed by atoms with Crippen LogP contribution in [0.5, 0.6) is 5.75 Å². The van der Waals surface area contributed by atoms with E-state index in [9.17, 15) is 4.79 Å². The lowest BCUT2D eigenvalue weighted by molar-refractivity contribution is 0.0950. The van der Waals surface area contributed by atoms with E-state index >= 15 is 0 Å². The fraction of sp³-hybridized carbons (Fsp3) is 0.0870. The highest BCUT2D eigenvalue weighted by Gasteiger charge is 2.07. The first kappa shape index (κ1) is 18.4. The summed E-state index contributed by atoms with van der Waals surface area (Å²) in [7, 11) is 0. The minimum atomic E-state index is -0.172. The van der Waals surface area contributed by atoms with Crippen LogP contribution in [-0.4, -0.2) is 20.7 Å². The van der Waals surface area contributed by atoms with E-state index in [0.29, 0.717) is 24.5 Å². The molecule has 0 aliphatic heterocycles. The number of carbonyl (C=O) groups excluding carboxylic acids is 1. The fourth-order valence-corrected chi connectivity index (χ4v) is 2.79. The first-order valence-corrected chi connectivity index (χ1v) is 9.28. The van der Waals surface area contributed by atoms with Crippen molar-refractivity contribution in [1.29, 1.82) is 0 Å². The largest absolute Gasteiger partial charge is 0.489 e. The van der Waals surface area contributed by atoms with Crippen molar-refractivity contribution >= 4 is 5.91 Å². The van der Waals surface area contributed by atoms with Gasteiger partial charge in [0.2, 0.25) is 0 Å². The Bertz CT molecular complexity index is 1040. The first-order valence-electron chi connectivity index (χ1n) is 9.28. The Labute approximate surface area is 168 Å². The van der Waals surface area contributed by atoms with Crippen LogP contribution in [0.2, 0.25) is 0 Å². The highest BCUT2D eigenvalue weighted by molar-refractivity contribution is 5.93. The fourth-order valence-electron chi connectivity index (χ4n) is 2.79. The summed E-state index contributed by atoms with van der Waals surface area (Å²) in [4.78, 5) is 16.6. The minimum absolute atomic E-state index is 0.172. The molecule has 6 heteroatoms. The monoisotopic (exact) mass is 384 g/mol. The van der Waals surface area contributed by atoms with E-state index in [1.165, 1.54) is 0 Å². The van der Waals surface area contributed by atoms with Gasteiger partial charge < -0.3 is 10.1 Å². The van der Waals surface area contributed by atoms with Gasteiger partial charge in [0.25, 0.3) is 5.91 Å². The zero-order valence-corrected chi connectivity index (χ0v) is 15.7. The number of aromatic nitrogens is 3. The minimum Gasteiger partial charge on any atom is -0.489 e. The van der Waals surface area contributed by atoms with Crippen LogP contribution in [0.4, 0.5) is 0 Å². The zero-order chi connectivity index (χ0) is 19.9. The zero-order valence-electron chi connectivity index (χ0n) is 15.7. The molecule has 0 bridgehead atoms. The number of carbonyl (C=O) groups is 1. The standard InChI is InChI=1S/C23H20N4O2/c28-23(20-9-12-22(24-16-20)27-14-4-13-26-27)25-15-18-7-10-21(11-8-18)29-17-19-5-2-1-3-6-19/h1-14,16H,15,17H2,(H,25,28). The molecule has 1 N–H and O–H groups in total. The van der Waals surface area contributed by atoms with Crippen LogP contribution >= 0.6 is 0 Å². The molecule has 0 saturated heterocycles. The van der Waals surface area contributed by atoms with Gasteiger partial charge in [-0.3, -0.25) is 4.79 Å². The van der Waals surface area contributed by atoms with E-state index in [2.05, 4.69) is 15.4 Å². The van der Waals surface area contributed by atoms with E-state index in [1.54, 1.807) is 35.4 Å². The summed E-state index contributed by atoms with van der Waals surface area (Å²) < 4.78 is 7.42. The molecule has 1 amide bonds. The maximum Gasteiger partial charge on any atom is 0.253 e. The predicted octanol–water partition coefficient (Wildman–Crippen LogP) is 3.78. The van der Waals surface area contributed by atoms with Gasteiger partial charge in [0.15, 0.2) is 5.82 Å². The van der Waals surface area contributed by atoms with Crippen LogP contribution in [0.1, 0.15) is 21.5 Å². The Morgan fingerprint density at radius 3 is 2.45 bits per heavy atom. The third-order valence-electron chi connectivity index (χ3n) is 4.37. The van der Waals surface area contributed by atoms with E-state index < -0.39 is 0 Å². The number of ether oxygens (including phenoxy) is 1. The molecule has 0 aliphatic carbocycles. The Morgan fingerprint density at radius 1 is 0.931 bits per heavy atom. The number of hydrogen-bond donors (Lipinski definition) is 1. The number of hydrogen-bond acceptors (Lipinski definition) is 4. The topological polar surface area (TPSA) is 69.0 Å². The van der Waals surface area contributed by atoms with Crippen LogP contribution < -0.4 is 10.1 Å². The second-order valence-corrected chi connectivity index (χ2v) is 6.46. The van der Waals surface area contributed by atoms with Crippen molar-refractivity contribution in [2.45, 2.75) is 13.2 Å². The molecule has 0 saturated carbocycles. The Hall–Kier alpha value is -3.93. The van der Waals surface area contributed by atoms with Crippen LogP contribution in [-0.2, 0) is 13.2 Å². The third-order valence-corrected chi connectivity index (χ3v) is 4.37. The third kappa shape index (κ3) is 4.87. The first-order chi connectivity index (χ1) is 14.3. The maximum atomic E-state index is 12.3. The summed E-state index contributed by atoms with van der Waals surface area (Å²) in [5.41, 5.74) is 2.62. The molecule has 4 aromatic rings. The van der Waals surface area contributed by atoms with Gasteiger partial charge in [0, 0.05) is 25.1 Å². The quantitative estimate of drug-likeness (QED) is 0.527. The summed E-state index contributed by atoms with van der Waals surface area (Å²) in [5.74, 6) is 1.29. The Kier molecular flexibility index (Phi) is 5.62. The van der Waals surface area contributed by atoms with Gasteiger partial charge in [0.1, 0.15) is 12.4 Å². The molecule has 0 atom stereocenters. The molecule has 2 aromatic heterocycles. The normalized spacial score (nSPS) is 10.5. The summed E-state index contributed by atoms with van der Waals surface area (Å²) in [5, 5.41) is 7.02. The van der Waals surface area contributed by atoms with Gasteiger partial charge in [-0.2, -0.15) is 5.10 Å². The molecule has 29 heavy (non-hydrogen) atoms. The lowest BCUT2D eigenvalue weighted by Gasteiger charge is -2.09. The SMILES string of the molecule is O=C(NCc1ccc(OCc2ccccc2)cc1)c1ccc(-n2cccn2)nc1. The van der Waals surface area contributed by atoms with Crippen molar-refractivity contribution in [3.05, 3.63) is 108 Å². The van der Waals surface area contributed by atoms with E-state index in [4.69, 9.17) is 4.74 Å². The van der Waals surface area contributed by atoms with Crippen molar-refractivity contribution in [3.8, 4) is 11.6 Å². The molecular weight excluding hydrogens is 364 g/mol. The molecule has 144 valence electrons. The van der Waals surface area contributed by atoms with Gasteiger partial charge in [-0.1, -0.05) is 42.5 Å². The number of rotatable bonds is 7. The van der Waals surface area contributed by atoms with Crippen molar-refractivity contribution < 1.29 is 9.53 Å². The molecule has 2 aromatic carbocycles. The average Bonchev–Trinajstić information content (AvgIpc) is 3.33. The Balaban J connectivity index is 1.29. The lowest BCUT2D eigenvalue weighted by atomic mass is 10.2. The van der Waals surface area contributed by atoms with Gasteiger partial charge >= 0.3 is 0 Å². The van der Waals surface area contributed by atoms with Crippen LogP contribution in [0.3, 0.4) is 0 Å². The summed E-state index contributed by atoms with van der Waals surface area (Å²) >= 11 is 0. The Morgan fingerprint density at radius 2 is 1.76 bits per heavy atom. The number of nitrogens with zero attached hydrogens (tertiary/aromatic N) is 3. The van der Waals surface area contributed by atoms with Crippen LogP contribution in [0.15, 0.2) is 91.4 Å². The summed E-state index contributed by atoms with van der Waals surface area (Å²) in [6, 6.07) is 23.0. The van der Waals surface area contributed by atoms with Crippen LogP contribution in [0, 0.1) is 0 Å². The van der Waals surface area contributed by atoms with Gasteiger partial charge in [0.05, 0.1) is 5.56 Å². The van der Waals surface area contributed by atoms with Gasteiger partial charge in [-0.15, -0.1) is 0 Å². The number of pyridine rings is 1. The van der Waals surface area contributed by atoms with Gasteiger partial charge in [-0.25, -0.2) is 9.67 Å². The van der Waals surface area contributed by atoms with Crippen LogP contribution in [0.25, 0.3) is 5.82 Å². The molecule has 6 nitrogen and oxygen atoms in total. The summed E-state index contributed by atoms with van der Waals surface area (Å²) in [6.45, 7) is 0.956. The average molecular weight is 384 g/mol. The second-order valence-electron chi connectivity index (χ2n) is 6.46. The molecule has 0 spiro atoms. The molecular formula is C23H20N4O2. The summed E-state index contributed by atoms with van der Waals surface area (Å²) in [6.07, 6.45) is 5.03. The number of benzene rings is 2. The molecule has 0 unspecified atom stereocenters. The smallest absolute Gasteiger partial charge is 0.253 e. The predicted molar refractivity (Wildman–Crippen MR) is 110 cm³/mol. The van der Waals surface area contributed by atoms with Crippen molar-refractivity contribution in [2.24, 2.45) is 0 Å². The van der Waals surface area contributed by atoms with E-state index in [-0.39, 0.29) is 5.91 Å². The number of nitrogens with one attached hydrogen (secondary N) is 1. The van der Waals surface area contributed by atoms with E-state index in [1.807, 2.05) is 60.7 Å². The van der Waals surface area contributed by atoms with Gasteiger partial charge in [-0.05, 0) is 41.5 Å². The highest BCUT2D eigenvalue weighted by atomic mass is 16.5. The molecule has 0 radical (unpaired) electrons. The number of amides is 1. The second kappa shape index (κ2) is 8.84. The van der Waals surface area contributed by atoms with E-state index in [0.717, 1.165) is 16.9 Å². The molecule has 0 fully saturated rings.